The first-order valence-corrected chi connectivity index (χ1v) is 8.62. The van der Waals surface area contributed by atoms with E-state index < -0.39 is 5.91 Å². The van der Waals surface area contributed by atoms with Crippen LogP contribution in [0.1, 0.15) is 23.3 Å². The number of hydrogen-bond acceptors (Lipinski definition) is 4. The first-order valence-electron chi connectivity index (χ1n) is 7.83. The second-order valence-corrected chi connectivity index (χ2v) is 6.77. The molecule has 2 aromatic heterocycles. The Bertz CT molecular complexity index is 930. The molecule has 6 nitrogen and oxygen atoms in total. The van der Waals surface area contributed by atoms with Crippen LogP contribution in [0.4, 0.5) is 5.82 Å². The number of rotatable bonds is 3. The number of anilines is 1. The molecule has 7 heteroatoms. The predicted molar refractivity (Wildman–Crippen MR) is 96.5 cm³/mol. The summed E-state index contributed by atoms with van der Waals surface area (Å²) in [6.07, 6.45) is 4.05. The number of nitrogens with zero attached hydrogens (tertiary/aromatic N) is 4. The first kappa shape index (κ1) is 15.1. The van der Waals surface area contributed by atoms with Crippen molar-refractivity contribution in [2.75, 3.05) is 18.0 Å². The second kappa shape index (κ2) is 5.90. The van der Waals surface area contributed by atoms with E-state index in [4.69, 9.17) is 5.73 Å². The topological polar surface area (TPSA) is 77.0 Å². The van der Waals surface area contributed by atoms with Crippen molar-refractivity contribution < 1.29 is 4.79 Å². The van der Waals surface area contributed by atoms with Gasteiger partial charge in [-0.2, -0.15) is 5.10 Å². The monoisotopic (exact) mass is 385 g/mol. The molecule has 122 valence electrons. The quantitative estimate of drug-likeness (QED) is 0.751. The third-order valence-electron chi connectivity index (χ3n) is 4.27. The Labute approximate surface area is 147 Å². The number of amides is 1. The van der Waals surface area contributed by atoms with Crippen LogP contribution in [0.15, 0.2) is 41.0 Å². The molecule has 0 unspecified atom stereocenters. The standard InChI is InChI=1S/C17H16BrN5O/c18-11-4-3-5-12(8-11)23-14-9-15(22-6-1-2-7-22)20-10-13(14)16(21-23)17(19)24/h3-5,8-10H,1-2,6-7H2,(H2,19,24). The van der Waals surface area contributed by atoms with Gasteiger partial charge >= 0.3 is 0 Å². The van der Waals surface area contributed by atoms with E-state index in [2.05, 4.69) is 30.9 Å². The number of aromatic nitrogens is 3. The zero-order chi connectivity index (χ0) is 16.7. The molecule has 0 radical (unpaired) electrons. The molecule has 1 fully saturated rings. The smallest absolute Gasteiger partial charge is 0.269 e. The molecule has 24 heavy (non-hydrogen) atoms. The van der Waals surface area contributed by atoms with Gasteiger partial charge in [-0.1, -0.05) is 22.0 Å². The highest BCUT2D eigenvalue weighted by molar-refractivity contribution is 9.10. The van der Waals surface area contributed by atoms with Crippen LogP contribution in [0, 0.1) is 0 Å². The van der Waals surface area contributed by atoms with Crippen LogP contribution >= 0.6 is 15.9 Å². The molecular formula is C17H16BrN5O. The average Bonchev–Trinajstić information content (AvgIpc) is 3.22. The molecule has 0 aliphatic carbocycles. The van der Waals surface area contributed by atoms with Gasteiger partial charge in [0.1, 0.15) is 5.82 Å². The highest BCUT2D eigenvalue weighted by Crippen LogP contribution is 2.27. The van der Waals surface area contributed by atoms with Gasteiger partial charge in [0.05, 0.1) is 16.6 Å². The minimum Gasteiger partial charge on any atom is -0.364 e. The summed E-state index contributed by atoms with van der Waals surface area (Å²) in [5, 5.41) is 5.10. The lowest BCUT2D eigenvalue weighted by Gasteiger charge is -2.16. The molecule has 1 aromatic carbocycles. The van der Waals surface area contributed by atoms with Crippen LogP contribution in [0.3, 0.4) is 0 Å². The molecule has 1 saturated heterocycles. The third kappa shape index (κ3) is 2.54. The Hall–Kier alpha value is -2.41. The van der Waals surface area contributed by atoms with E-state index in [9.17, 15) is 4.79 Å². The fraction of sp³-hybridized carbons (Fsp3) is 0.235. The van der Waals surface area contributed by atoms with Gasteiger partial charge in [-0.3, -0.25) is 4.79 Å². The van der Waals surface area contributed by atoms with Crippen molar-refractivity contribution in [1.82, 2.24) is 14.8 Å². The molecule has 1 aliphatic rings. The van der Waals surface area contributed by atoms with E-state index in [1.165, 1.54) is 12.8 Å². The number of nitrogens with two attached hydrogens (primary N) is 1. The summed E-state index contributed by atoms with van der Waals surface area (Å²) in [5.41, 5.74) is 7.43. The number of halogens is 1. The van der Waals surface area contributed by atoms with Gasteiger partial charge in [-0.15, -0.1) is 0 Å². The van der Waals surface area contributed by atoms with Gasteiger partial charge in [0, 0.05) is 29.8 Å². The Morgan fingerprint density at radius 1 is 1.21 bits per heavy atom. The molecule has 0 spiro atoms. The molecule has 2 N–H and O–H groups in total. The average molecular weight is 386 g/mol. The number of carbonyl (C=O) groups is 1. The minimum absolute atomic E-state index is 0.241. The summed E-state index contributed by atoms with van der Waals surface area (Å²) < 4.78 is 2.69. The van der Waals surface area contributed by atoms with Crippen molar-refractivity contribution in [2.24, 2.45) is 5.73 Å². The molecule has 1 amide bonds. The lowest BCUT2D eigenvalue weighted by molar-refractivity contribution is 0.0996. The van der Waals surface area contributed by atoms with Crippen LogP contribution in [0.2, 0.25) is 0 Å². The van der Waals surface area contributed by atoms with E-state index in [-0.39, 0.29) is 5.69 Å². The lowest BCUT2D eigenvalue weighted by Crippen LogP contribution is -2.18. The highest BCUT2D eigenvalue weighted by atomic mass is 79.9. The number of pyridine rings is 1. The molecule has 3 heterocycles. The van der Waals surface area contributed by atoms with Gasteiger partial charge in [0.15, 0.2) is 5.69 Å². The van der Waals surface area contributed by atoms with Gasteiger partial charge in [-0.25, -0.2) is 9.67 Å². The van der Waals surface area contributed by atoms with Crippen molar-refractivity contribution in [3.8, 4) is 5.69 Å². The largest absolute Gasteiger partial charge is 0.364 e. The summed E-state index contributed by atoms with van der Waals surface area (Å²) in [6, 6.07) is 9.76. The van der Waals surface area contributed by atoms with Crippen molar-refractivity contribution in [3.63, 3.8) is 0 Å². The maximum Gasteiger partial charge on any atom is 0.269 e. The van der Waals surface area contributed by atoms with E-state index in [0.717, 1.165) is 34.6 Å². The number of primary amides is 1. The van der Waals surface area contributed by atoms with Gasteiger partial charge < -0.3 is 10.6 Å². The van der Waals surface area contributed by atoms with Gasteiger partial charge in [0.2, 0.25) is 0 Å². The first-order chi connectivity index (χ1) is 11.6. The van der Waals surface area contributed by atoms with E-state index in [1.54, 1.807) is 10.9 Å². The number of benzene rings is 1. The van der Waals surface area contributed by atoms with Gasteiger partial charge in [0.25, 0.3) is 5.91 Å². The van der Waals surface area contributed by atoms with Crippen molar-refractivity contribution in [1.29, 1.82) is 0 Å². The molecule has 0 bridgehead atoms. The zero-order valence-corrected chi connectivity index (χ0v) is 14.5. The Balaban J connectivity index is 1.93. The number of hydrogen-bond donors (Lipinski definition) is 1. The Morgan fingerprint density at radius 3 is 2.71 bits per heavy atom. The van der Waals surface area contributed by atoms with Crippen molar-refractivity contribution in [3.05, 3.63) is 46.7 Å². The normalized spacial score (nSPS) is 14.5. The van der Waals surface area contributed by atoms with Crippen LogP contribution < -0.4 is 10.6 Å². The summed E-state index contributed by atoms with van der Waals surface area (Å²) in [5.74, 6) is 0.358. The highest BCUT2D eigenvalue weighted by Gasteiger charge is 2.20. The molecule has 3 aromatic rings. The van der Waals surface area contributed by atoms with E-state index >= 15 is 0 Å². The van der Waals surface area contributed by atoms with Crippen LogP contribution in [0.5, 0.6) is 0 Å². The molecule has 0 atom stereocenters. The number of carbonyl (C=O) groups excluding carboxylic acids is 1. The van der Waals surface area contributed by atoms with Crippen molar-refractivity contribution >= 4 is 38.6 Å². The fourth-order valence-electron chi connectivity index (χ4n) is 3.11. The fourth-order valence-corrected chi connectivity index (χ4v) is 3.49. The third-order valence-corrected chi connectivity index (χ3v) is 4.76. The SMILES string of the molecule is NC(=O)c1nn(-c2cccc(Br)c2)c2cc(N3CCCC3)ncc12. The summed E-state index contributed by atoms with van der Waals surface area (Å²) >= 11 is 3.47. The van der Waals surface area contributed by atoms with E-state index in [1.807, 2.05) is 30.3 Å². The molecule has 1 aliphatic heterocycles. The molecule has 4 rings (SSSR count). The predicted octanol–water partition coefficient (Wildman–Crippen LogP) is 2.88. The number of fused-ring (bicyclic) bond motifs is 1. The maximum atomic E-state index is 11.8. The van der Waals surface area contributed by atoms with Crippen LogP contribution in [-0.4, -0.2) is 33.8 Å². The van der Waals surface area contributed by atoms with Crippen LogP contribution in [0.25, 0.3) is 16.6 Å². The van der Waals surface area contributed by atoms with E-state index in [0.29, 0.717) is 5.39 Å². The lowest BCUT2D eigenvalue weighted by atomic mass is 10.2. The summed E-state index contributed by atoms with van der Waals surface area (Å²) in [4.78, 5) is 18.5. The molecular weight excluding hydrogens is 370 g/mol. The van der Waals surface area contributed by atoms with Crippen LogP contribution in [-0.2, 0) is 0 Å². The maximum absolute atomic E-state index is 11.8. The second-order valence-electron chi connectivity index (χ2n) is 5.86. The molecule has 0 saturated carbocycles. The van der Waals surface area contributed by atoms with Gasteiger partial charge in [-0.05, 0) is 31.0 Å². The van der Waals surface area contributed by atoms with Crippen molar-refractivity contribution in [2.45, 2.75) is 12.8 Å². The Kier molecular flexibility index (Phi) is 3.72. The zero-order valence-electron chi connectivity index (χ0n) is 12.9. The summed E-state index contributed by atoms with van der Waals surface area (Å²) in [7, 11) is 0. The summed E-state index contributed by atoms with van der Waals surface area (Å²) in [6.45, 7) is 2.01. The Morgan fingerprint density at radius 2 is 2.00 bits per heavy atom. The minimum atomic E-state index is -0.551.